The van der Waals surface area contributed by atoms with Crippen LogP contribution in [0.5, 0.6) is 5.75 Å². The molecule has 5 heteroatoms. The molecule has 0 radical (unpaired) electrons. The number of hydrogen-bond acceptors (Lipinski definition) is 3. The molecule has 0 aliphatic heterocycles. The number of primary amides is 1. The predicted octanol–water partition coefficient (Wildman–Crippen LogP) is 1.84. The van der Waals surface area contributed by atoms with Crippen molar-refractivity contribution in [1.29, 1.82) is 0 Å². The molecule has 0 aliphatic carbocycles. The van der Waals surface area contributed by atoms with E-state index in [1.165, 1.54) is 18.2 Å². The normalized spacial score (nSPS) is 12.3. The Morgan fingerprint density at radius 2 is 2.22 bits per heavy atom. The number of aromatic hydroxyl groups is 1. The number of phenols is 1. The van der Waals surface area contributed by atoms with E-state index in [0.717, 1.165) is 12.8 Å². The smallest absolute Gasteiger partial charge is 0.217 e. The Kier molecular flexibility index (Phi) is 5.58. The van der Waals surface area contributed by atoms with E-state index in [0.29, 0.717) is 18.5 Å². The SMILES string of the molecule is CC(NCCCCC(N)=O)c1cc(F)ccc1O. The van der Waals surface area contributed by atoms with Gasteiger partial charge in [-0.1, -0.05) is 0 Å². The number of phenolic OH excluding ortho intramolecular Hbond substituents is 1. The minimum Gasteiger partial charge on any atom is -0.508 e. The highest BCUT2D eigenvalue weighted by Crippen LogP contribution is 2.24. The number of unbranched alkanes of at least 4 members (excludes halogenated alkanes) is 1. The maximum atomic E-state index is 13.0. The first-order chi connectivity index (χ1) is 8.50. The molecule has 0 fully saturated rings. The Bertz CT molecular complexity index is 410. The second-order valence-corrected chi connectivity index (χ2v) is 4.30. The van der Waals surface area contributed by atoms with E-state index < -0.39 is 0 Å². The van der Waals surface area contributed by atoms with Gasteiger partial charge < -0.3 is 16.2 Å². The van der Waals surface area contributed by atoms with Crippen LogP contribution in [0.1, 0.15) is 37.8 Å². The monoisotopic (exact) mass is 254 g/mol. The van der Waals surface area contributed by atoms with Gasteiger partial charge in [-0.05, 0) is 44.5 Å². The number of rotatable bonds is 7. The number of amides is 1. The lowest BCUT2D eigenvalue weighted by atomic mass is 10.1. The van der Waals surface area contributed by atoms with Gasteiger partial charge in [-0.15, -0.1) is 0 Å². The molecule has 1 atom stereocenters. The molecule has 0 saturated heterocycles. The molecule has 0 aliphatic rings. The van der Waals surface area contributed by atoms with E-state index in [4.69, 9.17) is 5.73 Å². The van der Waals surface area contributed by atoms with Crippen molar-refractivity contribution >= 4 is 5.91 Å². The van der Waals surface area contributed by atoms with Crippen molar-refractivity contribution in [3.63, 3.8) is 0 Å². The molecule has 0 spiro atoms. The van der Waals surface area contributed by atoms with E-state index >= 15 is 0 Å². The zero-order chi connectivity index (χ0) is 13.5. The second kappa shape index (κ2) is 6.96. The van der Waals surface area contributed by atoms with Crippen LogP contribution in [0.15, 0.2) is 18.2 Å². The number of halogens is 1. The summed E-state index contributed by atoms with van der Waals surface area (Å²) in [5.41, 5.74) is 5.56. The van der Waals surface area contributed by atoms with Crippen molar-refractivity contribution in [3.05, 3.63) is 29.6 Å². The predicted molar refractivity (Wildman–Crippen MR) is 67.5 cm³/mol. The molecule has 0 aromatic heterocycles. The van der Waals surface area contributed by atoms with Crippen molar-refractivity contribution in [2.75, 3.05) is 6.54 Å². The molecule has 1 unspecified atom stereocenters. The third-order valence-corrected chi connectivity index (χ3v) is 2.76. The average Bonchev–Trinajstić information content (AvgIpc) is 2.31. The number of carbonyl (C=O) groups is 1. The van der Waals surface area contributed by atoms with E-state index in [1.54, 1.807) is 0 Å². The topological polar surface area (TPSA) is 75.3 Å². The summed E-state index contributed by atoms with van der Waals surface area (Å²) in [6.07, 6.45) is 1.91. The first-order valence-corrected chi connectivity index (χ1v) is 6.01. The fraction of sp³-hybridized carbons (Fsp3) is 0.462. The molecule has 0 heterocycles. The summed E-state index contributed by atoms with van der Waals surface area (Å²) in [6, 6.07) is 3.74. The number of carbonyl (C=O) groups excluding carboxylic acids is 1. The molecule has 1 aromatic rings. The molecule has 0 bridgehead atoms. The van der Waals surface area contributed by atoms with Crippen LogP contribution in [0.3, 0.4) is 0 Å². The summed E-state index contributed by atoms with van der Waals surface area (Å²) in [7, 11) is 0. The van der Waals surface area contributed by atoms with Crippen LogP contribution in [-0.2, 0) is 4.79 Å². The highest BCUT2D eigenvalue weighted by atomic mass is 19.1. The molecule has 18 heavy (non-hydrogen) atoms. The van der Waals surface area contributed by atoms with Gasteiger partial charge in [0.15, 0.2) is 0 Å². The minimum atomic E-state index is -0.370. The first-order valence-electron chi connectivity index (χ1n) is 6.01. The Morgan fingerprint density at radius 1 is 1.50 bits per heavy atom. The van der Waals surface area contributed by atoms with Crippen molar-refractivity contribution in [2.45, 2.75) is 32.2 Å². The number of hydrogen-bond donors (Lipinski definition) is 3. The lowest BCUT2D eigenvalue weighted by Crippen LogP contribution is -2.20. The van der Waals surface area contributed by atoms with E-state index in [-0.39, 0.29) is 23.5 Å². The average molecular weight is 254 g/mol. The van der Waals surface area contributed by atoms with Gasteiger partial charge in [0.1, 0.15) is 11.6 Å². The van der Waals surface area contributed by atoms with Crippen molar-refractivity contribution < 1.29 is 14.3 Å². The highest BCUT2D eigenvalue weighted by molar-refractivity contribution is 5.73. The van der Waals surface area contributed by atoms with Crippen LogP contribution < -0.4 is 11.1 Å². The van der Waals surface area contributed by atoms with Gasteiger partial charge in [-0.3, -0.25) is 4.79 Å². The summed E-state index contributed by atoms with van der Waals surface area (Å²) in [4.78, 5) is 10.5. The molecule has 4 N–H and O–H groups in total. The lowest BCUT2D eigenvalue weighted by Gasteiger charge is -2.15. The quantitative estimate of drug-likeness (QED) is 0.650. The van der Waals surface area contributed by atoms with Gasteiger partial charge in [0.2, 0.25) is 5.91 Å². The van der Waals surface area contributed by atoms with E-state index in [2.05, 4.69) is 5.32 Å². The maximum absolute atomic E-state index is 13.0. The van der Waals surface area contributed by atoms with Gasteiger partial charge in [0, 0.05) is 18.0 Å². The standard InChI is InChI=1S/C13H19FN2O2/c1-9(16-7-3-2-4-13(15)18)11-8-10(14)5-6-12(11)17/h5-6,8-9,16-17H,2-4,7H2,1H3,(H2,15,18). The Morgan fingerprint density at radius 3 is 2.89 bits per heavy atom. The summed E-state index contributed by atoms with van der Waals surface area (Å²) in [5.74, 6) is -0.593. The molecular weight excluding hydrogens is 235 g/mol. The molecule has 1 amide bonds. The van der Waals surface area contributed by atoms with Crippen molar-refractivity contribution in [2.24, 2.45) is 5.73 Å². The fourth-order valence-corrected chi connectivity index (χ4v) is 1.72. The fourth-order valence-electron chi connectivity index (χ4n) is 1.72. The zero-order valence-corrected chi connectivity index (χ0v) is 10.4. The van der Waals surface area contributed by atoms with E-state index in [9.17, 15) is 14.3 Å². The second-order valence-electron chi connectivity index (χ2n) is 4.30. The van der Waals surface area contributed by atoms with Crippen LogP contribution >= 0.6 is 0 Å². The first kappa shape index (κ1) is 14.4. The number of nitrogens with one attached hydrogen (secondary N) is 1. The molecule has 4 nitrogen and oxygen atoms in total. The summed E-state index contributed by atoms with van der Waals surface area (Å²) in [5, 5.41) is 12.8. The van der Waals surface area contributed by atoms with Crippen LogP contribution in [-0.4, -0.2) is 17.6 Å². The zero-order valence-electron chi connectivity index (χ0n) is 10.4. The maximum Gasteiger partial charge on any atom is 0.217 e. The molecular formula is C13H19FN2O2. The third kappa shape index (κ3) is 4.71. The molecule has 0 saturated carbocycles. The van der Waals surface area contributed by atoms with Gasteiger partial charge in [-0.25, -0.2) is 4.39 Å². The summed E-state index contributed by atoms with van der Waals surface area (Å²) >= 11 is 0. The van der Waals surface area contributed by atoms with Crippen molar-refractivity contribution in [3.8, 4) is 5.75 Å². The van der Waals surface area contributed by atoms with E-state index in [1.807, 2.05) is 6.92 Å². The number of benzene rings is 1. The highest BCUT2D eigenvalue weighted by Gasteiger charge is 2.10. The van der Waals surface area contributed by atoms with Gasteiger partial charge >= 0.3 is 0 Å². The molecule has 1 rings (SSSR count). The molecule has 1 aromatic carbocycles. The van der Waals surface area contributed by atoms with Crippen LogP contribution in [0.4, 0.5) is 4.39 Å². The molecule has 100 valence electrons. The van der Waals surface area contributed by atoms with Crippen LogP contribution in [0.25, 0.3) is 0 Å². The largest absolute Gasteiger partial charge is 0.508 e. The minimum absolute atomic E-state index is 0.0773. The summed E-state index contributed by atoms with van der Waals surface area (Å²) < 4.78 is 13.0. The Labute approximate surface area is 106 Å². The van der Waals surface area contributed by atoms with Gasteiger partial charge in [-0.2, -0.15) is 0 Å². The summed E-state index contributed by atoms with van der Waals surface area (Å²) in [6.45, 7) is 2.53. The third-order valence-electron chi connectivity index (χ3n) is 2.76. The van der Waals surface area contributed by atoms with Crippen LogP contribution in [0.2, 0.25) is 0 Å². The van der Waals surface area contributed by atoms with Gasteiger partial charge in [0.05, 0.1) is 0 Å². The number of nitrogens with two attached hydrogens (primary N) is 1. The lowest BCUT2D eigenvalue weighted by molar-refractivity contribution is -0.118. The Hall–Kier alpha value is -1.62. The van der Waals surface area contributed by atoms with Gasteiger partial charge in [0.25, 0.3) is 0 Å². The van der Waals surface area contributed by atoms with Crippen LogP contribution in [0, 0.1) is 5.82 Å². The Balaban J connectivity index is 2.38. The van der Waals surface area contributed by atoms with Crippen molar-refractivity contribution in [1.82, 2.24) is 5.32 Å².